The van der Waals surface area contributed by atoms with Crippen LogP contribution in [0.5, 0.6) is 0 Å². The monoisotopic (exact) mass is 327 g/mol. The summed E-state index contributed by atoms with van der Waals surface area (Å²) >= 11 is 8.54. The second-order valence-electron chi connectivity index (χ2n) is 3.80. The van der Waals surface area contributed by atoms with Crippen LogP contribution in [0.25, 0.3) is 6.08 Å². The van der Waals surface area contributed by atoms with Crippen LogP contribution in [0.3, 0.4) is 0 Å². The molecule has 2 aromatic rings. The van der Waals surface area contributed by atoms with Crippen LogP contribution in [0.4, 0.5) is 0 Å². The Bertz CT molecular complexity index is 660. The number of carbonyl (C=O) groups excluding carboxylic acids is 1. The summed E-state index contributed by atoms with van der Waals surface area (Å²) in [6, 6.07) is 5.30. The van der Waals surface area contributed by atoms with Crippen molar-refractivity contribution < 1.29 is 14.7 Å². The van der Waals surface area contributed by atoms with E-state index in [1.165, 1.54) is 28.7 Å². The highest BCUT2D eigenvalue weighted by Gasteiger charge is 2.08. The topological polar surface area (TPSA) is 66.4 Å². The molecular formula is C13H10ClNO3S2. The van der Waals surface area contributed by atoms with E-state index in [-0.39, 0.29) is 5.91 Å². The molecule has 0 bridgehead atoms. The Morgan fingerprint density at radius 3 is 2.85 bits per heavy atom. The van der Waals surface area contributed by atoms with Crippen LogP contribution in [0, 0.1) is 0 Å². The van der Waals surface area contributed by atoms with Crippen LogP contribution in [0.15, 0.2) is 29.7 Å². The van der Waals surface area contributed by atoms with E-state index < -0.39 is 5.97 Å². The second-order valence-corrected chi connectivity index (χ2v) is 6.54. The second kappa shape index (κ2) is 6.69. The first kappa shape index (κ1) is 14.8. The lowest BCUT2D eigenvalue weighted by Gasteiger charge is -2.00. The van der Waals surface area contributed by atoms with E-state index in [0.29, 0.717) is 16.4 Å². The summed E-state index contributed by atoms with van der Waals surface area (Å²) in [5, 5.41) is 13.0. The maximum Gasteiger partial charge on any atom is 0.328 e. The standard InChI is InChI=1S/C13H10ClNO3S2/c14-11-3-1-10(20-11)6-15-13(18)8-5-9(19-7-8)2-4-12(16)17/h1-5,7H,6H2,(H,15,18)(H,16,17). The first-order valence-electron chi connectivity index (χ1n) is 5.56. The van der Waals surface area contributed by atoms with Crippen molar-refractivity contribution in [1.82, 2.24) is 5.32 Å². The summed E-state index contributed by atoms with van der Waals surface area (Å²) in [5.74, 6) is -1.21. The molecule has 0 aromatic carbocycles. The van der Waals surface area contributed by atoms with Crippen LogP contribution in [-0.2, 0) is 11.3 Å². The van der Waals surface area contributed by atoms with Crippen LogP contribution in [0.2, 0.25) is 4.34 Å². The lowest BCUT2D eigenvalue weighted by molar-refractivity contribution is -0.131. The minimum atomic E-state index is -1.01. The third kappa shape index (κ3) is 4.19. The fraction of sp³-hybridized carbons (Fsp3) is 0.0769. The summed E-state index contributed by atoms with van der Waals surface area (Å²) in [5.41, 5.74) is 0.516. The Kier molecular flexibility index (Phi) is 4.94. The predicted octanol–water partition coefficient (Wildman–Crippen LogP) is 3.49. The van der Waals surface area contributed by atoms with Gasteiger partial charge in [0.15, 0.2) is 0 Å². The number of hydrogen-bond acceptors (Lipinski definition) is 4. The van der Waals surface area contributed by atoms with Gasteiger partial charge in [-0.2, -0.15) is 0 Å². The first-order valence-corrected chi connectivity index (χ1v) is 7.64. The molecule has 0 aliphatic rings. The third-order valence-corrected chi connectivity index (χ3v) is 4.45. The third-order valence-electron chi connectivity index (χ3n) is 2.32. The van der Waals surface area contributed by atoms with Gasteiger partial charge in [0.05, 0.1) is 16.4 Å². The fourth-order valence-corrected chi connectivity index (χ4v) is 3.24. The van der Waals surface area contributed by atoms with Gasteiger partial charge in [0.1, 0.15) is 0 Å². The molecule has 2 heterocycles. The number of nitrogens with one attached hydrogen (secondary N) is 1. The molecule has 0 unspecified atom stereocenters. The normalized spacial score (nSPS) is 10.8. The molecule has 0 fully saturated rings. The zero-order chi connectivity index (χ0) is 14.5. The molecule has 1 amide bonds. The summed E-state index contributed by atoms with van der Waals surface area (Å²) in [4.78, 5) is 24.0. The fourth-order valence-electron chi connectivity index (χ4n) is 1.43. The Morgan fingerprint density at radius 2 is 2.20 bits per heavy atom. The molecule has 7 heteroatoms. The smallest absolute Gasteiger partial charge is 0.328 e. The molecule has 2 aromatic heterocycles. The molecule has 2 N–H and O–H groups in total. The van der Waals surface area contributed by atoms with Crippen molar-refractivity contribution in [3.63, 3.8) is 0 Å². The van der Waals surface area contributed by atoms with Crippen molar-refractivity contribution in [3.8, 4) is 0 Å². The van der Waals surface area contributed by atoms with Gasteiger partial charge in [0.2, 0.25) is 0 Å². The van der Waals surface area contributed by atoms with Crippen molar-refractivity contribution in [2.24, 2.45) is 0 Å². The highest BCUT2D eigenvalue weighted by molar-refractivity contribution is 7.16. The van der Waals surface area contributed by atoms with Crippen LogP contribution >= 0.6 is 34.3 Å². The quantitative estimate of drug-likeness (QED) is 0.826. The van der Waals surface area contributed by atoms with Crippen molar-refractivity contribution in [3.05, 3.63) is 49.3 Å². The van der Waals surface area contributed by atoms with Gasteiger partial charge >= 0.3 is 5.97 Å². The van der Waals surface area contributed by atoms with E-state index in [0.717, 1.165) is 15.8 Å². The Balaban J connectivity index is 1.94. The summed E-state index contributed by atoms with van der Waals surface area (Å²) in [6.45, 7) is 0.423. The highest BCUT2D eigenvalue weighted by Crippen LogP contribution is 2.21. The van der Waals surface area contributed by atoms with Crippen molar-refractivity contribution in [2.45, 2.75) is 6.54 Å². The van der Waals surface area contributed by atoms with Crippen molar-refractivity contribution >= 4 is 52.2 Å². The molecule has 0 spiro atoms. The SMILES string of the molecule is O=C(O)C=Cc1cc(C(=O)NCc2ccc(Cl)s2)cs1. The molecule has 0 aliphatic heterocycles. The van der Waals surface area contributed by atoms with Gasteiger partial charge in [-0.1, -0.05) is 11.6 Å². The Hall–Kier alpha value is -1.63. The number of hydrogen-bond donors (Lipinski definition) is 2. The average molecular weight is 328 g/mol. The lowest BCUT2D eigenvalue weighted by Crippen LogP contribution is -2.21. The van der Waals surface area contributed by atoms with E-state index in [4.69, 9.17) is 16.7 Å². The summed E-state index contributed by atoms with van der Waals surface area (Å²) < 4.78 is 0.686. The number of halogens is 1. The summed E-state index contributed by atoms with van der Waals surface area (Å²) in [7, 11) is 0. The van der Waals surface area contributed by atoms with E-state index in [2.05, 4.69) is 5.32 Å². The number of carboxylic acid groups (broad SMARTS) is 1. The molecule has 0 saturated heterocycles. The number of aliphatic carboxylic acids is 1. The Labute approximate surface area is 128 Å². The molecule has 0 aliphatic carbocycles. The van der Waals surface area contributed by atoms with Gasteiger partial charge in [-0.25, -0.2) is 4.79 Å². The molecule has 4 nitrogen and oxygen atoms in total. The van der Waals surface area contributed by atoms with E-state index in [1.807, 2.05) is 6.07 Å². The molecule has 0 saturated carbocycles. The zero-order valence-electron chi connectivity index (χ0n) is 10.1. The first-order chi connectivity index (χ1) is 9.54. The average Bonchev–Trinajstić information content (AvgIpc) is 3.02. The number of rotatable bonds is 5. The molecular weight excluding hydrogens is 318 g/mol. The zero-order valence-corrected chi connectivity index (χ0v) is 12.5. The maximum atomic E-state index is 11.9. The molecule has 0 radical (unpaired) electrons. The van der Waals surface area contributed by atoms with Gasteiger partial charge in [-0.3, -0.25) is 4.79 Å². The van der Waals surface area contributed by atoms with Gasteiger partial charge in [0, 0.05) is 21.2 Å². The van der Waals surface area contributed by atoms with E-state index >= 15 is 0 Å². The van der Waals surface area contributed by atoms with Crippen molar-refractivity contribution in [1.29, 1.82) is 0 Å². The van der Waals surface area contributed by atoms with Crippen LogP contribution in [0.1, 0.15) is 20.1 Å². The van der Waals surface area contributed by atoms with Gasteiger partial charge in [-0.05, 0) is 24.3 Å². The molecule has 2 rings (SSSR count). The number of carboxylic acids is 1. The molecule has 20 heavy (non-hydrogen) atoms. The van der Waals surface area contributed by atoms with E-state index in [1.54, 1.807) is 17.5 Å². The minimum absolute atomic E-state index is 0.194. The largest absolute Gasteiger partial charge is 0.478 e. The minimum Gasteiger partial charge on any atom is -0.478 e. The van der Waals surface area contributed by atoms with Crippen LogP contribution < -0.4 is 5.32 Å². The van der Waals surface area contributed by atoms with Crippen LogP contribution in [-0.4, -0.2) is 17.0 Å². The lowest BCUT2D eigenvalue weighted by atomic mass is 10.3. The number of amides is 1. The molecule has 104 valence electrons. The number of carbonyl (C=O) groups is 2. The Morgan fingerprint density at radius 1 is 1.40 bits per heavy atom. The van der Waals surface area contributed by atoms with E-state index in [9.17, 15) is 9.59 Å². The van der Waals surface area contributed by atoms with Gasteiger partial charge in [0.25, 0.3) is 5.91 Å². The maximum absolute atomic E-state index is 11.9. The summed E-state index contributed by atoms with van der Waals surface area (Å²) in [6.07, 6.45) is 2.50. The molecule has 0 atom stereocenters. The number of thiophene rings is 2. The van der Waals surface area contributed by atoms with Crippen molar-refractivity contribution in [2.75, 3.05) is 0 Å². The van der Waals surface area contributed by atoms with Gasteiger partial charge in [-0.15, -0.1) is 22.7 Å². The highest BCUT2D eigenvalue weighted by atomic mass is 35.5. The predicted molar refractivity (Wildman–Crippen MR) is 81.5 cm³/mol. The van der Waals surface area contributed by atoms with Gasteiger partial charge < -0.3 is 10.4 Å².